The quantitative estimate of drug-likeness (QED) is 0.914. The first kappa shape index (κ1) is 13.4. The lowest BCUT2D eigenvalue weighted by Gasteiger charge is -2.28. The lowest BCUT2D eigenvalue weighted by molar-refractivity contribution is -0.114. The van der Waals surface area contributed by atoms with Crippen LogP contribution in [-0.2, 0) is 4.79 Å². The predicted octanol–water partition coefficient (Wildman–Crippen LogP) is 3.49. The van der Waals surface area contributed by atoms with Crippen molar-refractivity contribution in [1.29, 1.82) is 0 Å². The van der Waals surface area contributed by atoms with Gasteiger partial charge in [0.25, 0.3) is 0 Å². The lowest BCUT2D eigenvalue weighted by Crippen LogP contribution is -2.22. The second-order valence-electron chi connectivity index (χ2n) is 5.18. The molecule has 0 radical (unpaired) electrons. The number of carbonyl (C=O) groups is 1. The first-order valence-corrected chi connectivity index (χ1v) is 7.18. The normalized spacial score (nSPS) is 14.7. The second kappa shape index (κ2) is 5.83. The van der Waals surface area contributed by atoms with E-state index in [9.17, 15) is 4.79 Å². The van der Waals surface area contributed by atoms with Crippen molar-refractivity contribution in [3.8, 4) is 0 Å². The first-order chi connectivity index (χ1) is 10.3. The van der Waals surface area contributed by atoms with Gasteiger partial charge in [0.2, 0.25) is 5.91 Å². The number of rotatable bonds is 2. The number of anilines is 2. The average molecular weight is 278 g/mol. The second-order valence-corrected chi connectivity index (χ2v) is 5.18. The number of hydrogen-bond acceptors (Lipinski definition) is 2. The average Bonchev–Trinajstić information content (AvgIpc) is 2.49. The van der Waals surface area contributed by atoms with Crippen LogP contribution in [0.1, 0.15) is 18.4 Å². The molecule has 0 atom stereocenters. The number of para-hydroxylation sites is 2. The van der Waals surface area contributed by atoms with E-state index in [0.29, 0.717) is 12.0 Å². The molecule has 0 saturated carbocycles. The van der Waals surface area contributed by atoms with Crippen LogP contribution in [-0.4, -0.2) is 12.5 Å². The minimum absolute atomic E-state index is 0.321. The van der Waals surface area contributed by atoms with Gasteiger partial charge in [-0.25, -0.2) is 0 Å². The van der Waals surface area contributed by atoms with E-state index in [-0.39, 0.29) is 5.91 Å². The standard InChI is InChI=1S/C18H18N2O/c19-18(21)15-8-6-12-20(16-9-2-1-3-10-16)17-11-5-4-7-14(17)13-15/h1-5,7,9-11,13H,6,8,12H2,(H2,19,21). The molecule has 3 heteroatoms. The highest BCUT2D eigenvalue weighted by atomic mass is 16.1. The van der Waals surface area contributed by atoms with E-state index >= 15 is 0 Å². The van der Waals surface area contributed by atoms with Gasteiger partial charge in [-0.15, -0.1) is 0 Å². The number of carbonyl (C=O) groups excluding carboxylic acids is 1. The summed E-state index contributed by atoms with van der Waals surface area (Å²) in [6.07, 6.45) is 3.54. The van der Waals surface area contributed by atoms with E-state index in [1.165, 1.54) is 5.69 Å². The number of amides is 1. The van der Waals surface area contributed by atoms with Gasteiger partial charge in [0.05, 0.1) is 0 Å². The zero-order chi connectivity index (χ0) is 14.7. The number of nitrogens with zero attached hydrogens (tertiary/aromatic N) is 1. The summed E-state index contributed by atoms with van der Waals surface area (Å²) in [6, 6.07) is 18.4. The van der Waals surface area contributed by atoms with Crippen molar-refractivity contribution >= 4 is 23.4 Å². The van der Waals surface area contributed by atoms with E-state index < -0.39 is 0 Å². The van der Waals surface area contributed by atoms with Crippen LogP contribution in [0.3, 0.4) is 0 Å². The maximum atomic E-state index is 11.5. The Kier molecular flexibility index (Phi) is 3.73. The summed E-state index contributed by atoms with van der Waals surface area (Å²) in [5, 5.41) is 0. The number of fused-ring (bicyclic) bond motifs is 1. The third-order valence-corrected chi connectivity index (χ3v) is 3.77. The van der Waals surface area contributed by atoms with E-state index in [4.69, 9.17) is 5.73 Å². The van der Waals surface area contributed by atoms with Gasteiger partial charge < -0.3 is 10.6 Å². The van der Waals surface area contributed by atoms with E-state index in [1.807, 2.05) is 42.5 Å². The zero-order valence-corrected chi connectivity index (χ0v) is 11.8. The summed E-state index contributed by atoms with van der Waals surface area (Å²) in [4.78, 5) is 13.8. The van der Waals surface area contributed by atoms with Crippen molar-refractivity contribution in [2.75, 3.05) is 11.4 Å². The molecular formula is C18H18N2O. The highest BCUT2D eigenvalue weighted by Gasteiger charge is 2.17. The Bertz CT molecular complexity index is 677. The number of primary amides is 1. The highest BCUT2D eigenvalue weighted by molar-refractivity contribution is 5.97. The molecule has 0 aliphatic carbocycles. The Morgan fingerprint density at radius 2 is 1.71 bits per heavy atom. The maximum absolute atomic E-state index is 11.5. The Morgan fingerprint density at radius 3 is 2.48 bits per heavy atom. The molecule has 0 saturated heterocycles. The third kappa shape index (κ3) is 2.82. The molecule has 0 fully saturated rings. The molecule has 1 aliphatic rings. The van der Waals surface area contributed by atoms with Gasteiger partial charge in [-0.3, -0.25) is 4.79 Å². The molecule has 0 spiro atoms. The Hall–Kier alpha value is -2.55. The molecule has 1 amide bonds. The Balaban J connectivity index is 2.10. The fraction of sp³-hybridized carbons (Fsp3) is 0.167. The monoisotopic (exact) mass is 278 g/mol. The molecule has 1 aliphatic heterocycles. The summed E-state index contributed by atoms with van der Waals surface area (Å²) in [6.45, 7) is 0.867. The van der Waals surface area contributed by atoms with Crippen LogP contribution in [0, 0.1) is 0 Å². The molecular weight excluding hydrogens is 260 g/mol. The fourth-order valence-corrected chi connectivity index (χ4v) is 2.73. The lowest BCUT2D eigenvalue weighted by atomic mass is 10.0. The van der Waals surface area contributed by atoms with Crippen LogP contribution in [0.5, 0.6) is 0 Å². The fourth-order valence-electron chi connectivity index (χ4n) is 2.73. The minimum atomic E-state index is -0.321. The third-order valence-electron chi connectivity index (χ3n) is 3.77. The van der Waals surface area contributed by atoms with Gasteiger partial charge in [-0.2, -0.15) is 0 Å². The van der Waals surface area contributed by atoms with Crippen LogP contribution in [0.4, 0.5) is 11.4 Å². The SMILES string of the molecule is NC(=O)C1=Cc2ccccc2N(c2ccccc2)CCC1. The van der Waals surface area contributed by atoms with Crippen molar-refractivity contribution in [2.24, 2.45) is 5.73 Å². The van der Waals surface area contributed by atoms with Crippen molar-refractivity contribution in [1.82, 2.24) is 0 Å². The van der Waals surface area contributed by atoms with Crippen molar-refractivity contribution in [3.05, 3.63) is 65.7 Å². The molecule has 2 N–H and O–H groups in total. The van der Waals surface area contributed by atoms with E-state index in [1.54, 1.807) is 0 Å². The van der Waals surface area contributed by atoms with Gasteiger partial charge >= 0.3 is 0 Å². The van der Waals surface area contributed by atoms with Gasteiger partial charge in [0, 0.05) is 23.5 Å². The molecule has 21 heavy (non-hydrogen) atoms. The van der Waals surface area contributed by atoms with Crippen molar-refractivity contribution in [3.63, 3.8) is 0 Å². The van der Waals surface area contributed by atoms with Crippen LogP contribution < -0.4 is 10.6 Å². The number of benzene rings is 2. The minimum Gasteiger partial charge on any atom is -0.366 e. The molecule has 3 rings (SSSR count). The van der Waals surface area contributed by atoms with Crippen LogP contribution in [0.15, 0.2) is 60.2 Å². The molecule has 2 aromatic rings. The molecule has 1 heterocycles. The summed E-state index contributed by atoms with van der Waals surface area (Å²) in [7, 11) is 0. The Labute approximate surface area is 124 Å². The summed E-state index contributed by atoms with van der Waals surface area (Å²) >= 11 is 0. The van der Waals surface area contributed by atoms with Crippen molar-refractivity contribution in [2.45, 2.75) is 12.8 Å². The van der Waals surface area contributed by atoms with Gasteiger partial charge in [-0.05, 0) is 42.7 Å². The Morgan fingerprint density at radius 1 is 1.00 bits per heavy atom. The van der Waals surface area contributed by atoms with Gasteiger partial charge in [0.15, 0.2) is 0 Å². The van der Waals surface area contributed by atoms with Crippen LogP contribution >= 0.6 is 0 Å². The molecule has 0 unspecified atom stereocenters. The topological polar surface area (TPSA) is 46.3 Å². The molecule has 0 bridgehead atoms. The highest BCUT2D eigenvalue weighted by Crippen LogP contribution is 2.32. The summed E-state index contributed by atoms with van der Waals surface area (Å²) in [5.74, 6) is -0.321. The maximum Gasteiger partial charge on any atom is 0.244 e. The molecule has 0 aromatic heterocycles. The smallest absolute Gasteiger partial charge is 0.244 e. The largest absolute Gasteiger partial charge is 0.366 e. The first-order valence-electron chi connectivity index (χ1n) is 7.18. The van der Waals surface area contributed by atoms with E-state index in [0.717, 1.165) is 24.2 Å². The molecule has 106 valence electrons. The molecule has 3 nitrogen and oxygen atoms in total. The zero-order valence-electron chi connectivity index (χ0n) is 11.8. The number of nitrogens with two attached hydrogens (primary N) is 1. The van der Waals surface area contributed by atoms with Crippen molar-refractivity contribution < 1.29 is 4.79 Å². The molecule has 2 aromatic carbocycles. The van der Waals surface area contributed by atoms with E-state index in [2.05, 4.69) is 23.1 Å². The predicted molar refractivity (Wildman–Crippen MR) is 86.3 cm³/mol. The van der Waals surface area contributed by atoms with Gasteiger partial charge in [0.1, 0.15) is 0 Å². The number of hydrogen-bond donors (Lipinski definition) is 1. The summed E-state index contributed by atoms with van der Waals surface area (Å²) in [5.41, 5.74) is 9.49. The van der Waals surface area contributed by atoms with Crippen LogP contribution in [0.25, 0.3) is 6.08 Å². The summed E-state index contributed by atoms with van der Waals surface area (Å²) < 4.78 is 0. The van der Waals surface area contributed by atoms with Gasteiger partial charge in [-0.1, -0.05) is 36.4 Å². The van der Waals surface area contributed by atoms with Crippen LogP contribution in [0.2, 0.25) is 0 Å².